The molecule has 10 atom stereocenters. The van der Waals surface area contributed by atoms with Gasteiger partial charge in [-0.2, -0.15) is 0 Å². The molecule has 10 unspecified atom stereocenters. The quantitative estimate of drug-likeness (QED) is 0.130. The van der Waals surface area contributed by atoms with Gasteiger partial charge in [0.1, 0.15) is 36.6 Å². The van der Waals surface area contributed by atoms with Gasteiger partial charge in [0.15, 0.2) is 0 Å². The molecule has 208 valence electrons. The summed E-state index contributed by atoms with van der Waals surface area (Å²) in [5.41, 5.74) is 0. The summed E-state index contributed by atoms with van der Waals surface area (Å²) in [6, 6.07) is 0. The van der Waals surface area contributed by atoms with Crippen molar-refractivity contribution in [3.05, 3.63) is 0 Å². The lowest BCUT2D eigenvalue weighted by molar-refractivity contribution is -0.110. The highest BCUT2D eigenvalue weighted by Gasteiger charge is 2.33. The third-order valence-electron chi connectivity index (χ3n) is 4.97. The second-order valence-electron chi connectivity index (χ2n) is 7.80. The van der Waals surface area contributed by atoms with Gasteiger partial charge in [0.05, 0.1) is 57.5 Å². The smallest absolute Gasteiger partial charge is 0.110 e. The first-order chi connectivity index (χ1) is 15.8. The summed E-state index contributed by atoms with van der Waals surface area (Å²) in [5.74, 6) is -0.609. The number of aliphatic hydroxyl groups is 14. The lowest BCUT2D eigenvalue weighted by Gasteiger charge is -2.26. The number of hydrogen-bond donors (Lipinski definition) is 14. The van der Waals surface area contributed by atoms with Crippen molar-refractivity contribution in [2.75, 3.05) is 39.6 Å². The van der Waals surface area contributed by atoms with E-state index < -0.39 is 93.4 Å². The van der Waals surface area contributed by atoms with Crippen LogP contribution in [0, 0.1) is 5.92 Å². The lowest BCUT2D eigenvalue weighted by Crippen LogP contribution is -2.44. The Morgan fingerprint density at radius 2 is 1.12 bits per heavy atom. The van der Waals surface area contributed by atoms with E-state index in [1.807, 2.05) is 0 Å². The molecule has 1 saturated heterocycles. The van der Waals surface area contributed by atoms with Gasteiger partial charge in [-0.1, -0.05) is 0 Å². The molecule has 0 spiro atoms. The van der Waals surface area contributed by atoms with E-state index in [1.54, 1.807) is 0 Å². The Labute approximate surface area is 197 Å². The summed E-state index contributed by atoms with van der Waals surface area (Å²) >= 11 is 0. The molecule has 0 bridgehead atoms. The largest absolute Gasteiger partial charge is 0.394 e. The van der Waals surface area contributed by atoms with Crippen LogP contribution in [0.1, 0.15) is 13.3 Å². The molecule has 34 heavy (non-hydrogen) atoms. The maximum atomic E-state index is 9.52. The van der Waals surface area contributed by atoms with Crippen molar-refractivity contribution < 1.29 is 76.2 Å². The van der Waals surface area contributed by atoms with Crippen LogP contribution in [0.15, 0.2) is 0 Å². The van der Waals surface area contributed by atoms with Crippen molar-refractivity contribution >= 4 is 0 Å². The van der Waals surface area contributed by atoms with Gasteiger partial charge in [-0.15, -0.1) is 0 Å². The number of aliphatic hydroxyl groups excluding tert-OH is 14. The van der Waals surface area contributed by atoms with Crippen molar-refractivity contribution in [2.45, 2.75) is 74.4 Å². The fourth-order valence-corrected chi connectivity index (χ4v) is 2.55. The van der Waals surface area contributed by atoms with Gasteiger partial charge in [-0.3, -0.25) is 0 Å². The molecule has 1 rings (SSSR count). The van der Waals surface area contributed by atoms with E-state index in [1.165, 1.54) is 6.92 Å². The summed E-state index contributed by atoms with van der Waals surface area (Å²) in [7, 11) is 0. The van der Waals surface area contributed by atoms with Crippen LogP contribution >= 0.6 is 0 Å². The maximum absolute atomic E-state index is 9.52. The van der Waals surface area contributed by atoms with Gasteiger partial charge in [0, 0.05) is 12.5 Å². The topological polar surface area (TPSA) is 292 Å². The Morgan fingerprint density at radius 3 is 1.50 bits per heavy atom. The average Bonchev–Trinajstić information content (AvgIpc) is 3.01. The van der Waals surface area contributed by atoms with Gasteiger partial charge in [0.2, 0.25) is 0 Å². The third kappa shape index (κ3) is 13.5. The first-order valence-corrected chi connectivity index (χ1v) is 10.6. The lowest BCUT2D eigenvalue weighted by atomic mass is 9.93. The average molecular weight is 511 g/mol. The molecule has 15 nitrogen and oxygen atoms in total. The van der Waals surface area contributed by atoms with Crippen molar-refractivity contribution in [1.82, 2.24) is 0 Å². The molecule has 0 amide bonds. The monoisotopic (exact) mass is 510 g/mol. The van der Waals surface area contributed by atoms with Crippen LogP contribution in [0.2, 0.25) is 0 Å². The molecule has 14 N–H and O–H groups in total. The van der Waals surface area contributed by atoms with Crippen LogP contribution in [0.5, 0.6) is 0 Å². The van der Waals surface area contributed by atoms with Crippen LogP contribution < -0.4 is 0 Å². The van der Waals surface area contributed by atoms with Crippen molar-refractivity contribution in [1.29, 1.82) is 0 Å². The maximum Gasteiger partial charge on any atom is 0.110 e. The predicted octanol–water partition coefficient (Wildman–Crippen LogP) is -7.41. The number of rotatable bonds is 10. The molecule has 15 heteroatoms. The molecule has 0 radical (unpaired) electrons. The van der Waals surface area contributed by atoms with Gasteiger partial charge in [0.25, 0.3) is 0 Å². The molecule has 0 aromatic heterocycles. The molecule has 1 fully saturated rings. The summed E-state index contributed by atoms with van der Waals surface area (Å²) in [6.07, 6.45) is -12.4. The zero-order chi connectivity index (χ0) is 27.0. The fraction of sp³-hybridized carbons (Fsp3) is 1.00. The van der Waals surface area contributed by atoms with E-state index in [0.717, 1.165) is 0 Å². The molecule has 0 aliphatic carbocycles. The van der Waals surface area contributed by atoms with Gasteiger partial charge in [-0.25, -0.2) is 0 Å². The second kappa shape index (κ2) is 19.6. The highest BCUT2D eigenvalue weighted by Crippen LogP contribution is 2.19. The first kappa shape index (κ1) is 35.6. The van der Waals surface area contributed by atoms with Crippen molar-refractivity contribution in [2.24, 2.45) is 5.92 Å². The van der Waals surface area contributed by atoms with Crippen LogP contribution in [0.3, 0.4) is 0 Å². The summed E-state index contributed by atoms with van der Waals surface area (Å²) in [4.78, 5) is 0. The number of hydrogen-bond acceptors (Lipinski definition) is 15. The molecule has 0 aromatic carbocycles. The van der Waals surface area contributed by atoms with Crippen LogP contribution in [0.4, 0.5) is 0 Å². The van der Waals surface area contributed by atoms with Crippen molar-refractivity contribution in [3.63, 3.8) is 0 Å². The highest BCUT2D eigenvalue weighted by atomic mass is 16.5. The van der Waals surface area contributed by atoms with Gasteiger partial charge >= 0.3 is 0 Å². The molecule has 1 aliphatic rings. The van der Waals surface area contributed by atoms with E-state index in [2.05, 4.69) is 0 Å². The Hall–Kier alpha value is -0.600. The SMILES string of the molecule is CC(O)C(O)C(O)C(O)CO.OCC(O)C(O)C(O)CO.OCC(O)C1COCCC(O)C1O. The first-order valence-electron chi connectivity index (χ1n) is 10.6. The van der Waals surface area contributed by atoms with Crippen LogP contribution in [-0.4, -0.2) is 172 Å². The Balaban J connectivity index is 0. The van der Waals surface area contributed by atoms with E-state index in [4.69, 9.17) is 60.9 Å². The minimum atomic E-state index is -1.51. The Morgan fingerprint density at radius 1 is 0.676 bits per heavy atom. The minimum Gasteiger partial charge on any atom is -0.394 e. The van der Waals surface area contributed by atoms with Crippen LogP contribution in [-0.2, 0) is 4.74 Å². The molecular formula is C19H42O15. The molecular weight excluding hydrogens is 468 g/mol. The van der Waals surface area contributed by atoms with Gasteiger partial charge < -0.3 is 76.2 Å². The van der Waals surface area contributed by atoms with Crippen LogP contribution in [0.25, 0.3) is 0 Å². The third-order valence-corrected chi connectivity index (χ3v) is 4.97. The fourth-order valence-electron chi connectivity index (χ4n) is 2.55. The zero-order valence-electron chi connectivity index (χ0n) is 19.0. The molecule has 0 aromatic rings. The van der Waals surface area contributed by atoms with Crippen molar-refractivity contribution in [3.8, 4) is 0 Å². The van der Waals surface area contributed by atoms with E-state index >= 15 is 0 Å². The normalized spacial score (nSPS) is 27.8. The van der Waals surface area contributed by atoms with E-state index in [9.17, 15) is 15.3 Å². The summed E-state index contributed by atoms with van der Waals surface area (Å²) < 4.78 is 5.08. The highest BCUT2D eigenvalue weighted by molar-refractivity contribution is 4.83. The molecule has 1 heterocycles. The predicted molar refractivity (Wildman–Crippen MR) is 113 cm³/mol. The molecule has 1 aliphatic heterocycles. The molecule has 0 saturated carbocycles. The van der Waals surface area contributed by atoms with E-state index in [-0.39, 0.29) is 6.61 Å². The number of ether oxygens (including phenoxy) is 1. The summed E-state index contributed by atoms with van der Waals surface area (Å²) in [5, 5.41) is 123. The Kier molecular flexibility index (Phi) is 20.5. The zero-order valence-corrected chi connectivity index (χ0v) is 19.0. The minimum absolute atomic E-state index is 0.167. The Bertz CT molecular complexity index is 461. The summed E-state index contributed by atoms with van der Waals surface area (Å²) in [6.45, 7) is -0.552. The standard InChI is InChI=1S/C8H16O5.C6H14O5.C5H12O5/c9-3-7(11)5-4-13-2-1-6(10)8(5)12;1-3(8)5(10)6(11)4(9)2-7;6-1-3(8)5(10)4(9)2-7/h5-12H,1-4H2;3-11H,2H2,1H3;3-10H,1-2H2. The second-order valence-corrected chi connectivity index (χ2v) is 7.80. The van der Waals surface area contributed by atoms with Gasteiger partial charge in [-0.05, 0) is 13.3 Å². The van der Waals surface area contributed by atoms with E-state index in [0.29, 0.717) is 13.0 Å².